The van der Waals surface area contributed by atoms with Gasteiger partial charge in [0.15, 0.2) is 0 Å². The zero-order valence-corrected chi connectivity index (χ0v) is 15.7. The summed E-state index contributed by atoms with van der Waals surface area (Å²) in [4.78, 5) is 17.1. The van der Waals surface area contributed by atoms with Crippen molar-refractivity contribution < 1.29 is 9.18 Å². The van der Waals surface area contributed by atoms with Gasteiger partial charge in [-0.15, -0.1) is 0 Å². The summed E-state index contributed by atoms with van der Waals surface area (Å²) in [7, 11) is 1.92. The smallest absolute Gasteiger partial charge is 0.253 e. The van der Waals surface area contributed by atoms with Crippen molar-refractivity contribution >= 4 is 16.8 Å². The third kappa shape index (κ3) is 3.45. The highest BCUT2D eigenvalue weighted by molar-refractivity contribution is 5.98. The minimum absolute atomic E-state index is 0.0632. The number of fused-ring (bicyclic) bond motifs is 1. The van der Waals surface area contributed by atoms with Crippen LogP contribution in [-0.2, 0) is 13.5 Å². The van der Waals surface area contributed by atoms with Gasteiger partial charge in [-0.25, -0.2) is 4.39 Å². The number of pyridine rings is 1. The van der Waals surface area contributed by atoms with Crippen LogP contribution in [0.1, 0.15) is 39.9 Å². The Balaban J connectivity index is 1.81. The Labute approximate surface area is 152 Å². The molecule has 136 valence electrons. The summed E-state index contributed by atoms with van der Waals surface area (Å²) in [5, 5.41) is 8.05. The fourth-order valence-electron chi connectivity index (χ4n) is 3.25. The van der Waals surface area contributed by atoms with Gasteiger partial charge >= 0.3 is 0 Å². The molecule has 3 rings (SSSR count). The van der Waals surface area contributed by atoms with Gasteiger partial charge in [-0.1, -0.05) is 0 Å². The summed E-state index contributed by atoms with van der Waals surface area (Å²) >= 11 is 0. The van der Waals surface area contributed by atoms with Gasteiger partial charge < -0.3 is 5.32 Å². The van der Waals surface area contributed by atoms with Crippen LogP contribution in [0.5, 0.6) is 0 Å². The number of amides is 1. The monoisotopic (exact) mass is 354 g/mol. The van der Waals surface area contributed by atoms with Crippen LogP contribution in [0.15, 0.2) is 24.3 Å². The van der Waals surface area contributed by atoms with Crippen molar-refractivity contribution in [3.05, 3.63) is 58.3 Å². The Morgan fingerprint density at radius 2 is 1.96 bits per heavy atom. The van der Waals surface area contributed by atoms with E-state index < -0.39 is 0 Å². The maximum Gasteiger partial charge on any atom is 0.253 e. The van der Waals surface area contributed by atoms with Crippen molar-refractivity contribution in [1.82, 2.24) is 20.1 Å². The maximum absolute atomic E-state index is 13.5. The second-order valence-electron chi connectivity index (χ2n) is 6.81. The normalized spacial score (nSPS) is 12.4. The lowest BCUT2D eigenvalue weighted by Crippen LogP contribution is -2.34. The quantitative estimate of drug-likeness (QED) is 0.781. The SMILES string of the molecule is Cc1nc2ccc(F)cc2cc1C(=O)N[C@@H](C)Cc1c(C)nn(C)c1C. The molecule has 1 atom stereocenters. The van der Waals surface area contributed by atoms with Crippen LogP contribution in [-0.4, -0.2) is 26.7 Å². The zero-order valence-electron chi connectivity index (χ0n) is 15.7. The molecule has 0 saturated heterocycles. The van der Waals surface area contributed by atoms with Crippen molar-refractivity contribution in [1.29, 1.82) is 0 Å². The third-order valence-corrected chi connectivity index (χ3v) is 4.76. The predicted molar refractivity (Wildman–Crippen MR) is 99.8 cm³/mol. The van der Waals surface area contributed by atoms with Gasteiger partial charge in [0, 0.05) is 24.2 Å². The molecular weight excluding hydrogens is 331 g/mol. The molecule has 0 fully saturated rings. The predicted octanol–water partition coefficient (Wildman–Crippen LogP) is 3.39. The van der Waals surface area contributed by atoms with Gasteiger partial charge in [-0.3, -0.25) is 14.5 Å². The molecule has 0 aliphatic carbocycles. The molecule has 3 aromatic rings. The number of nitrogens with zero attached hydrogens (tertiary/aromatic N) is 3. The third-order valence-electron chi connectivity index (χ3n) is 4.76. The summed E-state index contributed by atoms with van der Waals surface area (Å²) in [6.07, 6.45) is 0.700. The molecule has 0 spiro atoms. The summed E-state index contributed by atoms with van der Waals surface area (Å²) in [6, 6.07) is 6.02. The van der Waals surface area contributed by atoms with Crippen LogP contribution in [0.3, 0.4) is 0 Å². The average Bonchev–Trinajstić information content (AvgIpc) is 2.80. The molecule has 1 amide bonds. The fraction of sp³-hybridized carbons (Fsp3) is 0.350. The number of carbonyl (C=O) groups excluding carboxylic acids is 1. The van der Waals surface area contributed by atoms with Crippen molar-refractivity contribution in [2.75, 3.05) is 0 Å². The Bertz CT molecular complexity index is 993. The molecule has 5 nitrogen and oxygen atoms in total. The molecule has 2 aromatic heterocycles. The lowest BCUT2D eigenvalue weighted by Gasteiger charge is -2.15. The van der Waals surface area contributed by atoms with Gasteiger partial charge in [0.1, 0.15) is 5.82 Å². The second-order valence-corrected chi connectivity index (χ2v) is 6.81. The number of hydrogen-bond donors (Lipinski definition) is 1. The highest BCUT2D eigenvalue weighted by atomic mass is 19.1. The van der Waals surface area contributed by atoms with E-state index in [1.165, 1.54) is 12.1 Å². The molecule has 0 radical (unpaired) electrons. The highest BCUT2D eigenvalue weighted by Gasteiger charge is 2.17. The first kappa shape index (κ1) is 18.0. The molecule has 2 heterocycles. The number of hydrogen-bond acceptors (Lipinski definition) is 3. The average molecular weight is 354 g/mol. The first-order valence-electron chi connectivity index (χ1n) is 8.63. The zero-order chi connectivity index (χ0) is 19.0. The molecule has 1 aromatic carbocycles. The standard InChI is InChI=1S/C20H23FN4O/c1-11(8-17-13(3)24-25(5)14(17)4)22-20(26)18-10-15-9-16(21)6-7-19(15)23-12(18)2/h6-7,9-11H,8H2,1-5H3,(H,22,26)/t11-/m0/s1. The molecule has 0 saturated carbocycles. The van der Waals surface area contributed by atoms with Crippen LogP contribution in [0.4, 0.5) is 4.39 Å². The molecule has 0 aliphatic rings. The lowest BCUT2D eigenvalue weighted by atomic mass is 10.0. The second kappa shape index (κ2) is 6.86. The molecule has 6 heteroatoms. The fourth-order valence-corrected chi connectivity index (χ4v) is 3.25. The van der Waals surface area contributed by atoms with Gasteiger partial charge in [0.2, 0.25) is 0 Å². The van der Waals surface area contributed by atoms with E-state index in [0.717, 1.165) is 17.0 Å². The van der Waals surface area contributed by atoms with Crippen LogP contribution in [0.2, 0.25) is 0 Å². The number of halogens is 1. The minimum atomic E-state index is -0.342. The van der Waals surface area contributed by atoms with E-state index in [0.29, 0.717) is 28.6 Å². The first-order chi connectivity index (χ1) is 12.3. The van der Waals surface area contributed by atoms with Gasteiger partial charge in [0.25, 0.3) is 5.91 Å². The van der Waals surface area contributed by atoms with Crippen molar-refractivity contribution in [2.45, 2.75) is 40.2 Å². The summed E-state index contributed by atoms with van der Waals surface area (Å²) in [5.41, 5.74) is 5.00. The van der Waals surface area contributed by atoms with Crippen molar-refractivity contribution in [3.8, 4) is 0 Å². The van der Waals surface area contributed by atoms with Crippen LogP contribution >= 0.6 is 0 Å². The Morgan fingerprint density at radius 1 is 1.23 bits per heavy atom. The molecule has 1 N–H and O–H groups in total. The molecule has 0 bridgehead atoms. The van der Waals surface area contributed by atoms with Gasteiger partial charge in [0.05, 0.1) is 22.5 Å². The Kier molecular flexibility index (Phi) is 4.76. The van der Waals surface area contributed by atoms with Gasteiger partial charge in [-0.2, -0.15) is 5.10 Å². The van der Waals surface area contributed by atoms with E-state index in [1.54, 1.807) is 19.1 Å². The van der Waals surface area contributed by atoms with E-state index in [9.17, 15) is 9.18 Å². The van der Waals surface area contributed by atoms with Crippen molar-refractivity contribution in [3.63, 3.8) is 0 Å². The highest BCUT2D eigenvalue weighted by Crippen LogP contribution is 2.19. The number of rotatable bonds is 4. The Hall–Kier alpha value is -2.76. The first-order valence-corrected chi connectivity index (χ1v) is 8.63. The van der Waals surface area contributed by atoms with E-state index in [4.69, 9.17) is 0 Å². The Morgan fingerprint density at radius 3 is 2.62 bits per heavy atom. The molecule has 0 unspecified atom stereocenters. The van der Waals surface area contributed by atoms with E-state index in [1.807, 2.05) is 32.5 Å². The van der Waals surface area contributed by atoms with Gasteiger partial charge in [-0.05, 0) is 63.9 Å². The van der Waals surface area contributed by atoms with Crippen LogP contribution in [0, 0.1) is 26.6 Å². The number of carbonyl (C=O) groups is 1. The number of aromatic nitrogens is 3. The summed E-state index contributed by atoms with van der Waals surface area (Å²) in [6.45, 7) is 7.75. The van der Waals surface area contributed by atoms with Crippen LogP contribution < -0.4 is 5.32 Å². The van der Waals surface area contributed by atoms with E-state index in [-0.39, 0.29) is 17.8 Å². The molecule has 0 aliphatic heterocycles. The molecular formula is C20H23FN4O. The topological polar surface area (TPSA) is 59.8 Å². The van der Waals surface area contributed by atoms with E-state index >= 15 is 0 Å². The number of benzene rings is 1. The lowest BCUT2D eigenvalue weighted by molar-refractivity contribution is 0.0939. The largest absolute Gasteiger partial charge is 0.349 e. The summed E-state index contributed by atoms with van der Waals surface area (Å²) in [5.74, 6) is -0.543. The maximum atomic E-state index is 13.5. The van der Waals surface area contributed by atoms with Crippen LogP contribution in [0.25, 0.3) is 10.9 Å². The minimum Gasteiger partial charge on any atom is -0.349 e. The number of nitrogens with one attached hydrogen (secondary N) is 1. The summed E-state index contributed by atoms with van der Waals surface area (Å²) < 4.78 is 15.3. The number of aryl methyl sites for hydroxylation is 3. The van der Waals surface area contributed by atoms with Crippen molar-refractivity contribution in [2.24, 2.45) is 7.05 Å². The van der Waals surface area contributed by atoms with E-state index in [2.05, 4.69) is 15.4 Å². The molecule has 26 heavy (non-hydrogen) atoms.